The Balaban J connectivity index is 1.55. The number of carbonyl (C=O) groups excluding carboxylic acids is 1. The third kappa shape index (κ3) is 3.46. The van der Waals surface area contributed by atoms with Gasteiger partial charge in [0.2, 0.25) is 5.91 Å². The highest BCUT2D eigenvalue weighted by Crippen LogP contribution is 2.28. The molecular weight excluding hydrogens is 296 g/mol. The molecule has 0 saturated heterocycles. The number of hydrogen-bond donors (Lipinski definition) is 0. The minimum absolute atomic E-state index is 0.159. The van der Waals surface area contributed by atoms with Crippen LogP contribution in [-0.2, 0) is 4.79 Å². The molecule has 0 radical (unpaired) electrons. The van der Waals surface area contributed by atoms with Crippen molar-refractivity contribution in [2.75, 3.05) is 12.8 Å². The monoisotopic (exact) mass is 318 g/mol. The highest BCUT2D eigenvalue weighted by Gasteiger charge is 2.25. The van der Waals surface area contributed by atoms with Gasteiger partial charge in [0.1, 0.15) is 5.52 Å². The quantitative estimate of drug-likeness (QED) is 0.801. The molecule has 0 aliphatic heterocycles. The molecule has 1 aromatic carbocycles. The lowest BCUT2D eigenvalue weighted by Crippen LogP contribution is -2.40. The number of amides is 1. The molecule has 118 valence electrons. The SMILES string of the molecule is CC1CCC(N(C)C(=O)CSc2nc3ccccc3o2)CC1. The van der Waals surface area contributed by atoms with Crippen molar-refractivity contribution in [3.05, 3.63) is 24.3 Å². The van der Waals surface area contributed by atoms with E-state index in [0.717, 1.165) is 29.9 Å². The molecule has 1 aliphatic carbocycles. The van der Waals surface area contributed by atoms with Crippen LogP contribution in [-0.4, -0.2) is 34.6 Å². The Morgan fingerprint density at radius 3 is 2.77 bits per heavy atom. The lowest BCUT2D eigenvalue weighted by Gasteiger charge is -2.33. The van der Waals surface area contributed by atoms with Crippen molar-refractivity contribution in [2.24, 2.45) is 5.92 Å². The summed E-state index contributed by atoms with van der Waals surface area (Å²) >= 11 is 1.38. The summed E-state index contributed by atoms with van der Waals surface area (Å²) in [5.74, 6) is 1.34. The fraction of sp³-hybridized carbons (Fsp3) is 0.529. The second kappa shape index (κ2) is 6.73. The van der Waals surface area contributed by atoms with Crippen molar-refractivity contribution in [1.82, 2.24) is 9.88 Å². The second-order valence-electron chi connectivity index (χ2n) is 6.15. The first-order chi connectivity index (χ1) is 10.6. The van der Waals surface area contributed by atoms with E-state index in [1.807, 2.05) is 36.2 Å². The summed E-state index contributed by atoms with van der Waals surface area (Å²) in [6, 6.07) is 8.06. The summed E-state index contributed by atoms with van der Waals surface area (Å²) in [5.41, 5.74) is 1.61. The molecule has 4 nitrogen and oxygen atoms in total. The summed E-state index contributed by atoms with van der Waals surface area (Å²) < 4.78 is 5.64. The molecule has 0 unspecified atom stereocenters. The Morgan fingerprint density at radius 2 is 2.05 bits per heavy atom. The van der Waals surface area contributed by atoms with Crippen LogP contribution in [0.2, 0.25) is 0 Å². The number of thioether (sulfide) groups is 1. The van der Waals surface area contributed by atoms with Gasteiger partial charge in [0.15, 0.2) is 5.58 Å². The fourth-order valence-electron chi connectivity index (χ4n) is 2.97. The minimum atomic E-state index is 0.159. The van der Waals surface area contributed by atoms with E-state index in [9.17, 15) is 4.79 Å². The maximum Gasteiger partial charge on any atom is 0.257 e. The molecule has 0 bridgehead atoms. The van der Waals surface area contributed by atoms with Gasteiger partial charge in [-0.1, -0.05) is 30.8 Å². The van der Waals surface area contributed by atoms with Crippen LogP contribution >= 0.6 is 11.8 Å². The van der Waals surface area contributed by atoms with Crippen molar-refractivity contribution >= 4 is 28.8 Å². The molecular formula is C17H22N2O2S. The largest absolute Gasteiger partial charge is 0.431 e. The van der Waals surface area contributed by atoms with E-state index in [-0.39, 0.29) is 5.91 Å². The molecule has 22 heavy (non-hydrogen) atoms. The van der Waals surface area contributed by atoms with Gasteiger partial charge >= 0.3 is 0 Å². The van der Waals surface area contributed by atoms with Crippen LogP contribution in [0.4, 0.5) is 0 Å². The average molecular weight is 318 g/mol. The molecule has 1 aromatic heterocycles. The molecule has 0 spiro atoms. The number of carbonyl (C=O) groups is 1. The number of oxazole rings is 1. The summed E-state index contributed by atoms with van der Waals surface area (Å²) in [4.78, 5) is 18.7. The maximum atomic E-state index is 12.3. The molecule has 3 rings (SSSR count). The number of benzene rings is 1. The Labute approximate surface area is 135 Å². The zero-order valence-electron chi connectivity index (χ0n) is 13.1. The number of fused-ring (bicyclic) bond motifs is 1. The van der Waals surface area contributed by atoms with Crippen molar-refractivity contribution in [1.29, 1.82) is 0 Å². The Bertz CT molecular complexity index is 614. The molecule has 5 heteroatoms. The summed E-state index contributed by atoms with van der Waals surface area (Å²) in [7, 11) is 1.93. The standard InChI is InChI=1S/C17H22N2O2S/c1-12-7-9-13(10-8-12)19(2)16(20)11-22-17-18-14-5-3-4-6-15(14)21-17/h3-6,12-13H,7-11H2,1-2H3. The van der Waals surface area contributed by atoms with Crippen LogP contribution in [0.15, 0.2) is 33.9 Å². The number of hydrogen-bond acceptors (Lipinski definition) is 4. The number of rotatable bonds is 4. The highest BCUT2D eigenvalue weighted by atomic mass is 32.2. The lowest BCUT2D eigenvalue weighted by atomic mass is 9.87. The first-order valence-electron chi connectivity index (χ1n) is 7.87. The third-order valence-corrected chi connectivity index (χ3v) is 5.33. The van der Waals surface area contributed by atoms with E-state index < -0.39 is 0 Å². The van der Waals surface area contributed by atoms with Crippen LogP contribution in [0, 0.1) is 5.92 Å². The average Bonchev–Trinajstić information content (AvgIpc) is 2.95. The highest BCUT2D eigenvalue weighted by molar-refractivity contribution is 7.99. The van der Waals surface area contributed by atoms with E-state index in [1.165, 1.54) is 24.6 Å². The molecule has 1 aliphatic rings. The van der Waals surface area contributed by atoms with Crippen LogP contribution in [0.25, 0.3) is 11.1 Å². The van der Waals surface area contributed by atoms with Crippen LogP contribution in [0.1, 0.15) is 32.6 Å². The van der Waals surface area contributed by atoms with Gasteiger partial charge in [-0.2, -0.15) is 0 Å². The molecule has 1 amide bonds. The van der Waals surface area contributed by atoms with Crippen molar-refractivity contribution in [2.45, 2.75) is 43.9 Å². The van der Waals surface area contributed by atoms with Gasteiger partial charge in [0, 0.05) is 13.1 Å². The molecule has 1 fully saturated rings. The normalized spacial score (nSPS) is 21.9. The second-order valence-corrected chi connectivity index (χ2v) is 7.08. The van der Waals surface area contributed by atoms with Gasteiger partial charge in [0.05, 0.1) is 5.75 Å². The van der Waals surface area contributed by atoms with Crippen LogP contribution in [0.5, 0.6) is 0 Å². The van der Waals surface area contributed by atoms with Crippen molar-refractivity contribution in [3.8, 4) is 0 Å². The van der Waals surface area contributed by atoms with Gasteiger partial charge < -0.3 is 9.32 Å². The third-order valence-electron chi connectivity index (χ3n) is 4.52. The summed E-state index contributed by atoms with van der Waals surface area (Å²) in [6.07, 6.45) is 4.69. The fourth-order valence-corrected chi connectivity index (χ4v) is 3.73. The molecule has 2 aromatic rings. The van der Waals surface area contributed by atoms with E-state index in [0.29, 0.717) is 17.0 Å². The lowest BCUT2D eigenvalue weighted by molar-refractivity contribution is -0.129. The van der Waals surface area contributed by atoms with Gasteiger partial charge in [0.25, 0.3) is 5.22 Å². The van der Waals surface area contributed by atoms with Gasteiger partial charge in [-0.05, 0) is 43.7 Å². The zero-order valence-corrected chi connectivity index (χ0v) is 13.9. The minimum Gasteiger partial charge on any atom is -0.431 e. The van der Waals surface area contributed by atoms with Crippen LogP contribution < -0.4 is 0 Å². The Hall–Kier alpha value is -1.49. The topological polar surface area (TPSA) is 46.3 Å². The van der Waals surface area contributed by atoms with E-state index in [4.69, 9.17) is 4.42 Å². The van der Waals surface area contributed by atoms with Gasteiger partial charge in [-0.25, -0.2) is 4.98 Å². The maximum absolute atomic E-state index is 12.3. The van der Waals surface area contributed by atoms with Crippen LogP contribution in [0.3, 0.4) is 0 Å². The van der Waals surface area contributed by atoms with Crippen molar-refractivity contribution in [3.63, 3.8) is 0 Å². The molecule has 1 saturated carbocycles. The predicted octanol–water partition coefficient (Wildman–Crippen LogP) is 3.96. The number of nitrogens with zero attached hydrogens (tertiary/aromatic N) is 2. The van der Waals surface area contributed by atoms with E-state index >= 15 is 0 Å². The first-order valence-corrected chi connectivity index (χ1v) is 8.86. The number of aromatic nitrogens is 1. The van der Waals surface area contributed by atoms with E-state index in [2.05, 4.69) is 11.9 Å². The molecule has 0 atom stereocenters. The van der Waals surface area contributed by atoms with Gasteiger partial charge in [-0.3, -0.25) is 4.79 Å². The van der Waals surface area contributed by atoms with Crippen molar-refractivity contribution < 1.29 is 9.21 Å². The smallest absolute Gasteiger partial charge is 0.257 e. The molecule has 1 heterocycles. The zero-order chi connectivity index (χ0) is 15.5. The summed E-state index contributed by atoms with van der Waals surface area (Å²) in [5, 5.41) is 0.570. The molecule has 0 N–H and O–H groups in total. The number of para-hydroxylation sites is 2. The van der Waals surface area contributed by atoms with E-state index in [1.54, 1.807) is 0 Å². The van der Waals surface area contributed by atoms with Gasteiger partial charge in [-0.15, -0.1) is 0 Å². The Morgan fingerprint density at radius 1 is 1.32 bits per heavy atom. The predicted molar refractivity (Wildman–Crippen MR) is 88.9 cm³/mol. The first kappa shape index (κ1) is 15.4. The summed E-state index contributed by atoms with van der Waals surface area (Å²) in [6.45, 7) is 2.29. The Kier molecular flexibility index (Phi) is 4.71.